The van der Waals surface area contributed by atoms with E-state index in [1.165, 1.54) is 163 Å². The number of nitrogens with one attached hydrogen (secondary N) is 2. The van der Waals surface area contributed by atoms with Gasteiger partial charge in [0.25, 0.3) is 0 Å². The predicted octanol–water partition coefficient (Wildman–Crippen LogP) is 14.2. The fourth-order valence-corrected chi connectivity index (χ4v) is 10.2. The van der Waals surface area contributed by atoms with Crippen LogP contribution in [0.15, 0.2) is 29.4 Å². The largest absolute Gasteiger partial charge is 0.472 e. The van der Waals surface area contributed by atoms with E-state index in [1.54, 1.807) is 6.20 Å². The molecule has 0 fully saturated rings. The number of hydrogen-bond donors (Lipinski definition) is 3. The Hall–Kier alpha value is -2.36. The highest BCUT2D eigenvalue weighted by Gasteiger charge is 2.26. The quantitative estimate of drug-likeness (QED) is 0.0184. The molecule has 0 radical (unpaired) electrons. The molecule has 400 valence electrons. The maximum atomic E-state index is 12.8. The summed E-state index contributed by atoms with van der Waals surface area (Å²) in [5.74, 6) is -0.512. The first-order chi connectivity index (χ1) is 33.6. The molecule has 1 aromatic heterocycles. The Morgan fingerprint density at radius 2 is 1.06 bits per heavy atom. The molecule has 0 saturated heterocycles. The van der Waals surface area contributed by atoms with Crippen LogP contribution in [0.2, 0.25) is 0 Å². The molecule has 69 heavy (non-hydrogen) atoms. The van der Waals surface area contributed by atoms with Crippen LogP contribution in [0.3, 0.4) is 0 Å². The maximum absolute atomic E-state index is 12.8. The van der Waals surface area contributed by atoms with Gasteiger partial charge in [0.1, 0.15) is 18.2 Å². The normalized spacial score (nSPS) is 12.6. The third-order valence-electron chi connectivity index (χ3n) is 11.6. The summed E-state index contributed by atoms with van der Waals surface area (Å²) in [6.45, 7) is 3.15. The van der Waals surface area contributed by atoms with Gasteiger partial charge in [-0.05, 0) is 35.8 Å². The van der Waals surface area contributed by atoms with Crippen LogP contribution in [0.5, 0.6) is 0 Å². The second kappa shape index (κ2) is 47.9. The molecule has 0 aliphatic rings. The molecule has 17 heteroatoms. The summed E-state index contributed by atoms with van der Waals surface area (Å²) >= 11 is 0. The number of pyridine rings is 1. The first-order valence-corrected chi connectivity index (χ1v) is 30.8. The smallest absolute Gasteiger partial charge is 0.462 e. The van der Waals surface area contributed by atoms with Crippen molar-refractivity contribution in [2.75, 3.05) is 45.3 Å². The Bertz CT molecular complexity index is 1440. The van der Waals surface area contributed by atoms with E-state index in [2.05, 4.69) is 29.5 Å². The Kier molecular flexibility index (Phi) is 44.9. The van der Waals surface area contributed by atoms with Crippen LogP contribution >= 0.6 is 29.4 Å². The van der Waals surface area contributed by atoms with Crippen molar-refractivity contribution in [3.63, 3.8) is 0 Å². The molecule has 0 saturated carbocycles. The van der Waals surface area contributed by atoms with Gasteiger partial charge in [0, 0.05) is 37.8 Å². The molecule has 1 unspecified atom stereocenters. The van der Waals surface area contributed by atoms with E-state index in [1.807, 2.05) is 18.2 Å². The van der Waals surface area contributed by atoms with Gasteiger partial charge in [-0.2, -0.15) is 0 Å². The lowest BCUT2D eigenvalue weighted by molar-refractivity contribution is -0.161. The summed E-state index contributed by atoms with van der Waals surface area (Å²) in [5.41, 5.74) is 0. The van der Waals surface area contributed by atoms with E-state index >= 15 is 0 Å². The third kappa shape index (κ3) is 45.3. The van der Waals surface area contributed by atoms with E-state index in [0.29, 0.717) is 25.0 Å². The minimum absolute atomic E-state index is 0.0700. The van der Waals surface area contributed by atoms with Crippen molar-refractivity contribution in [1.82, 2.24) is 15.6 Å². The van der Waals surface area contributed by atoms with Crippen LogP contribution in [0, 0.1) is 0 Å². The number of hydrogen-bond acceptors (Lipinski definition) is 13. The number of unbranched alkanes of at least 4 members (excludes halogenated alkanes) is 28. The van der Waals surface area contributed by atoms with Gasteiger partial charge in [0.15, 0.2) is 6.10 Å². The van der Waals surface area contributed by atoms with E-state index in [-0.39, 0.29) is 51.7 Å². The SMILES string of the molecule is CCCCCCCCCCCCCCCCCC(=O)OC[C@H](COP(=O)(O)OCCNC(=O)OCCNC(=O)CCSSc1ccccn1)OC(=O)CCCCCCCCCCCCCCCCC. The van der Waals surface area contributed by atoms with Gasteiger partial charge in [-0.25, -0.2) is 14.3 Å². The standard InChI is InChI=1S/C52H94N3O11PS2/c1-3-5-7-9-11-13-15-17-19-21-23-25-27-29-31-36-50(57)63-45-47(66-51(58)37-32-30-28-26-24-22-20-18-16-14-12-10-8-6-4-2)46-65-67(60,61)64-43-41-55-52(59)62-42-40-53-48(56)38-44-68-69-49-35-33-34-39-54-49/h33-35,39,47H,3-32,36-38,40-46H2,1-2H3,(H,53,56)(H,55,59)(H,60,61)/t47-/m1/s1. The number of amides is 2. The number of ether oxygens (including phenoxy) is 3. The molecule has 1 rings (SSSR count). The average molecular weight is 1030 g/mol. The summed E-state index contributed by atoms with van der Waals surface area (Å²) in [6, 6.07) is 5.63. The predicted molar refractivity (Wildman–Crippen MR) is 281 cm³/mol. The van der Waals surface area contributed by atoms with Crippen LogP contribution in [-0.4, -0.2) is 85.2 Å². The number of rotatable bonds is 50. The molecule has 0 aliphatic heterocycles. The van der Waals surface area contributed by atoms with Crippen molar-refractivity contribution in [2.24, 2.45) is 0 Å². The minimum Gasteiger partial charge on any atom is -0.462 e. The van der Waals surface area contributed by atoms with E-state index < -0.39 is 38.6 Å². The number of alkyl carbamates (subject to hydrolysis) is 1. The fraction of sp³-hybridized carbons (Fsp3) is 0.827. The Labute approximate surface area is 425 Å². The van der Waals surface area contributed by atoms with Gasteiger partial charge in [0.05, 0.1) is 19.8 Å². The second-order valence-electron chi connectivity index (χ2n) is 18.0. The lowest BCUT2D eigenvalue weighted by Gasteiger charge is -2.20. The highest BCUT2D eigenvalue weighted by atomic mass is 33.1. The zero-order valence-electron chi connectivity index (χ0n) is 42.9. The highest BCUT2D eigenvalue weighted by Crippen LogP contribution is 2.43. The van der Waals surface area contributed by atoms with Crippen molar-refractivity contribution < 1.29 is 51.9 Å². The Morgan fingerprint density at radius 1 is 0.580 bits per heavy atom. The highest BCUT2D eigenvalue weighted by molar-refractivity contribution is 8.76. The van der Waals surface area contributed by atoms with Gasteiger partial charge in [-0.15, -0.1) is 0 Å². The van der Waals surface area contributed by atoms with Crippen LogP contribution in [0.25, 0.3) is 0 Å². The molecule has 1 aromatic rings. The first kappa shape index (κ1) is 64.7. The van der Waals surface area contributed by atoms with E-state index in [0.717, 1.165) is 43.6 Å². The number of carbonyl (C=O) groups excluding carboxylic acids is 4. The van der Waals surface area contributed by atoms with Crippen LogP contribution in [0.4, 0.5) is 4.79 Å². The summed E-state index contributed by atoms with van der Waals surface area (Å²) in [4.78, 5) is 64.1. The molecule has 1 heterocycles. The van der Waals surface area contributed by atoms with Crippen LogP contribution in [0.1, 0.15) is 226 Å². The Morgan fingerprint density at radius 3 is 1.55 bits per heavy atom. The summed E-state index contributed by atoms with van der Waals surface area (Å²) in [5, 5.41) is 5.95. The summed E-state index contributed by atoms with van der Waals surface area (Å²) in [6.07, 6.45) is 37.0. The lowest BCUT2D eigenvalue weighted by Crippen LogP contribution is -2.32. The molecule has 2 amide bonds. The lowest BCUT2D eigenvalue weighted by atomic mass is 10.0. The minimum atomic E-state index is -4.64. The molecule has 0 bridgehead atoms. The monoisotopic (exact) mass is 1030 g/mol. The van der Waals surface area contributed by atoms with Gasteiger partial charge in [-0.1, -0.05) is 210 Å². The van der Waals surface area contributed by atoms with Crippen molar-refractivity contribution in [3.05, 3.63) is 24.4 Å². The van der Waals surface area contributed by atoms with Gasteiger partial charge >= 0.3 is 25.9 Å². The van der Waals surface area contributed by atoms with Gasteiger partial charge in [-0.3, -0.25) is 23.4 Å². The summed E-state index contributed by atoms with van der Waals surface area (Å²) in [7, 11) is -1.63. The Balaban J connectivity index is 2.35. The van der Waals surface area contributed by atoms with Gasteiger partial charge < -0.3 is 29.7 Å². The first-order valence-electron chi connectivity index (χ1n) is 27.0. The van der Waals surface area contributed by atoms with E-state index in [9.17, 15) is 28.6 Å². The molecule has 3 N–H and O–H groups in total. The molecule has 0 spiro atoms. The van der Waals surface area contributed by atoms with Crippen LogP contribution < -0.4 is 10.6 Å². The number of esters is 2. The van der Waals surface area contributed by atoms with E-state index in [4.69, 9.17) is 23.3 Å². The second-order valence-corrected chi connectivity index (χ2v) is 21.9. The molecule has 0 aliphatic carbocycles. The zero-order chi connectivity index (χ0) is 50.1. The average Bonchev–Trinajstić information content (AvgIpc) is 3.34. The number of phosphoric acid groups is 1. The van der Waals surface area contributed by atoms with Crippen LogP contribution in [-0.2, 0) is 42.2 Å². The molecular weight excluding hydrogens is 938 g/mol. The molecular formula is C52H94N3O11PS2. The molecule has 2 atom stereocenters. The summed E-state index contributed by atoms with van der Waals surface area (Å²) < 4.78 is 38.9. The number of nitrogens with zero attached hydrogens (tertiary/aromatic N) is 1. The van der Waals surface area contributed by atoms with Crippen molar-refractivity contribution in [2.45, 2.75) is 237 Å². The van der Waals surface area contributed by atoms with Crippen molar-refractivity contribution >= 4 is 53.3 Å². The number of carbonyl (C=O) groups is 4. The number of phosphoric ester groups is 1. The zero-order valence-corrected chi connectivity index (χ0v) is 45.4. The van der Waals surface area contributed by atoms with Crippen molar-refractivity contribution in [1.29, 1.82) is 0 Å². The van der Waals surface area contributed by atoms with Gasteiger partial charge in [0.2, 0.25) is 5.91 Å². The number of aromatic nitrogens is 1. The maximum Gasteiger partial charge on any atom is 0.472 e. The fourth-order valence-electron chi connectivity index (χ4n) is 7.54. The van der Waals surface area contributed by atoms with Crippen molar-refractivity contribution in [3.8, 4) is 0 Å². The topological polar surface area (TPSA) is 189 Å². The third-order valence-corrected chi connectivity index (χ3v) is 14.8. The molecule has 14 nitrogen and oxygen atoms in total. The molecule has 0 aromatic carbocycles.